The van der Waals surface area contributed by atoms with Crippen LogP contribution in [0.2, 0.25) is 0 Å². The van der Waals surface area contributed by atoms with Crippen molar-refractivity contribution in [2.75, 3.05) is 20.3 Å². The maximum atomic E-state index is 5.62. The SMILES string of the molecule is CC(N)CN1C=CN(C)C1. The van der Waals surface area contributed by atoms with Gasteiger partial charge in [-0.3, -0.25) is 0 Å². The highest BCUT2D eigenvalue weighted by molar-refractivity contribution is 4.89. The van der Waals surface area contributed by atoms with Crippen LogP contribution in [0.1, 0.15) is 6.92 Å². The fourth-order valence-corrected chi connectivity index (χ4v) is 1.08. The number of nitrogens with two attached hydrogens (primary N) is 1. The maximum Gasteiger partial charge on any atom is 0.0891 e. The van der Waals surface area contributed by atoms with Crippen LogP contribution in [0, 0.1) is 0 Å². The molecule has 3 heteroatoms. The van der Waals surface area contributed by atoms with Gasteiger partial charge in [0.2, 0.25) is 0 Å². The molecular formula is C7H15N3. The molecule has 0 saturated carbocycles. The van der Waals surface area contributed by atoms with E-state index in [0.29, 0.717) is 0 Å². The monoisotopic (exact) mass is 141 g/mol. The van der Waals surface area contributed by atoms with Gasteiger partial charge in [-0.15, -0.1) is 0 Å². The third-order valence-electron chi connectivity index (χ3n) is 1.46. The van der Waals surface area contributed by atoms with Crippen LogP contribution < -0.4 is 5.73 Å². The molecule has 0 aliphatic carbocycles. The molecule has 0 aromatic heterocycles. The van der Waals surface area contributed by atoms with Crippen LogP contribution >= 0.6 is 0 Å². The molecule has 1 unspecified atom stereocenters. The molecule has 0 aromatic carbocycles. The van der Waals surface area contributed by atoms with Gasteiger partial charge >= 0.3 is 0 Å². The summed E-state index contributed by atoms with van der Waals surface area (Å²) in [5, 5.41) is 0. The van der Waals surface area contributed by atoms with Gasteiger partial charge in [-0.1, -0.05) is 0 Å². The summed E-state index contributed by atoms with van der Waals surface area (Å²) in [6.45, 7) is 3.94. The van der Waals surface area contributed by atoms with E-state index in [0.717, 1.165) is 13.2 Å². The highest BCUT2D eigenvalue weighted by Gasteiger charge is 2.08. The normalized spacial score (nSPS) is 20.3. The number of nitrogens with zero attached hydrogens (tertiary/aromatic N) is 2. The highest BCUT2D eigenvalue weighted by atomic mass is 15.3. The molecule has 1 aliphatic rings. The van der Waals surface area contributed by atoms with Gasteiger partial charge < -0.3 is 15.5 Å². The van der Waals surface area contributed by atoms with E-state index in [1.807, 2.05) is 6.92 Å². The zero-order chi connectivity index (χ0) is 7.56. The summed E-state index contributed by atoms with van der Waals surface area (Å²) in [6, 6.07) is 0.260. The van der Waals surface area contributed by atoms with Crippen molar-refractivity contribution in [3.05, 3.63) is 12.4 Å². The van der Waals surface area contributed by atoms with Gasteiger partial charge in [0.05, 0.1) is 6.67 Å². The van der Waals surface area contributed by atoms with Crippen molar-refractivity contribution >= 4 is 0 Å². The van der Waals surface area contributed by atoms with Crippen LogP contribution in [0.3, 0.4) is 0 Å². The molecule has 3 nitrogen and oxygen atoms in total. The van der Waals surface area contributed by atoms with E-state index in [1.54, 1.807) is 0 Å². The summed E-state index contributed by atoms with van der Waals surface area (Å²) in [5.74, 6) is 0. The largest absolute Gasteiger partial charge is 0.362 e. The molecule has 0 radical (unpaired) electrons. The van der Waals surface area contributed by atoms with E-state index in [2.05, 4.69) is 29.2 Å². The predicted molar refractivity (Wildman–Crippen MR) is 42.1 cm³/mol. The quantitative estimate of drug-likeness (QED) is 0.588. The average Bonchev–Trinajstić information content (AvgIpc) is 2.13. The molecule has 1 heterocycles. The van der Waals surface area contributed by atoms with Gasteiger partial charge in [-0.05, 0) is 6.92 Å². The molecule has 0 aromatic rings. The van der Waals surface area contributed by atoms with Crippen LogP contribution in [0.25, 0.3) is 0 Å². The lowest BCUT2D eigenvalue weighted by molar-refractivity contribution is 0.286. The summed E-state index contributed by atoms with van der Waals surface area (Å²) < 4.78 is 0. The predicted octanol–water partition coefficient (Wildman–Crippen LogP) is 0.00970. The molecule has 0 amide bonds. The molecule has 10 heavy (non-hydrogen) atoms. The number of hydrogen-bond acceptors (Lipinski definition) is 3. The molecule has 0 saturated heterocycles. The van der Waals surface area contributed by atoms with Gasteiger partial charge in [-0.25, -0.2) is 0 Å². The third kappa shape index (κ3) is 1.92. The molecule has 1 rings (SSSR count). The van der Waals surface area contributed by atoms with Crippen molar-refractivity contribution in [3.8, 4) is 0 Å². The fraction of sp³-hybridized carbons (Fsp3) is 0.714. The Labute approximate surface area is 62.1 Å². The Morgan fingerprint density at radius 3 is 2.70 bits per heavy atom. The van der Waals surface area contributed by atoms with E-state index >= 15 is 0 Å². The first-order valence-corrected chi connectivity index (χ1v) is 3.56. The van der Waals surface area contributed by atoms with Crippen molar-refractivity contribution in [1.82, 2.24) is 9.80 Å². The highest BCUT2D eigenvalue weighted by Crippen LogP contribution is 2.02. The number of hydrogen-bond donors (Lipinski definition) is 1. The Balaban J connectivity index is 2.26. The van der Waals surface area contributed by atoms with Gasteiger partial charge in [0.1, 0.15) is 0 Å². The van der Waals surface area contributed by atoms with Crippen LogP contribution in [-0.2, 0) is 0 Å². The molecule has 0 bridgehead atoms. The van der Waals surface area contributed by atoms with E-state index in [1.165, 1.54) is 0 Å². The standard InChI is InChI=1S/C7H15N3/c1-7(8)5-10-4-3-9(2)6-10/h3-4,7H,5-6,8H2,1-2H3. The van der Waals surface area contributed by atoms with Gasteiger partial charge in [-0.2, -0.15) is 0 Å². The van der Waals surface area contributed by atoms with Crippen molar-refractivity contribution in [1.29, 1.82) is 0 Å². The fourth-order valence-electron chi connectivity index (χ4n) is 1.08. The minimum Gasteiger partial charge on any atom is -0.362 e. The molecule has 1 atom stereocenters. The Morgan fingerprint density at radius 1 is 1.60 bits per heavy atom. The minimum atomic E-state index is 0.260. The number of rotatable bonds is 2. The van der Waals surface area contributed by atoms with Crippen molar-refractivity contribution in [2.24, 2.45) is 5.73 Å². The first-order valence-electron chi connectivity index (χ1n) is 3.56. The Hall–Kier alpha value is -0.700. The summed E-state index contributed by atoms with van der Waals surface area (Å²) in [5.41, 5.74) is 5.62. The molecule has 2 N–H and O–H groups in total. The zero-order valence-corrected chi connectivity index (χ0v) is 6.62. The summed E-state index contributed by atoms with van der Waals surface area (Å²) in [4.78, 5) is 4.33. The minimum absolute atomic E-state index is 0.260. The topological polar surface area (TPSA) is 32.5 Å². The van der Waals surface area contributed by atoms with E-state index in [-0.39, 0.29) is 6.04 Å². The first kappa shape index (κ1) is 7.41. The second kappa shape index (κ2) is 2.92. The van der Waals surface area contributed by atoms with Gasteiger partial charge in [0, 0.05) is 32.0 Å². The smallest absolute Gasteiger partial charge is 0.0891 e. The molecule has 0 spiro atoms. The Morgan fingerprint density at radius 2 is 2.30 bits per heavy atom. The second-order valence-electron chi connectivity index (χ2n) is 2.95. The Bertz CT molecular complexity index is 131. The van der Waals surface area contributed by atoms with Crippen molar-refractivity contribution in [3.63, 3.8) is 0 Å². The molecule has 0 fully saturated rings. The zero-order valence-electron chi connectivity index (χ0n) is 6.62. The maximum absolute atomic E-state index is 5.62. The summed E-state index contributed by atoms with van der Waals surface area (Å²) in [7, 11) is 2.05. The van der Waals surface area contributed by atoms with Crippen molar-refractivity contribution < 1.29 is 0 Å². The van der Waals surface area contributed by atoms with Crippen molar-refractivity contribution in [2.45, 2.75) is 13.0 Å². The summed E-state index contributed by atoms with van der Waals surface area (Å²) in [6.07, 6.45) is 4.13. The van der Waals surface area contributed by atoms with Crippen LogP contribution in [-0.4, -0.2) is 36.1 Å². The van der Waals surface area contributed by atoms with Gasteiger partial charge in [0.15, 0.2) is 0 Å². The first-order chi connectivity index (χ1) is 4.68. The lowest BCUT2D eigenvalue weighted by Crippen LogP contribution is -2.33. The summed E-state index contributed by atoms with van der Waals surface area (Å²) >= 11 is 0. The molecular weight excluding hydrogens is 126 g/mol. The van der Waals surface area contributed by atoms with E-state index in [9.17, 15) is 0 Å². The Kier molecular flexibility index (Phi) is 2.17. The van der Waals surface area contributed by atoms with E-state index in [4.69, 9.17) is 5.73 Å². The van der Waals surface area contributed by atoms with Crippen LogP contribution in [0.15, 0.2) is 12.4 Å². The lowest BCUT2D eigenvalue weighted by atomic mass is 10.3. The molecule has 1 aliphatic heterocycles. The lowest BCUT2D eigenvalue weighted by Gasteiger charge is -2.19. The average molecular weight is 141 g/mol. The second-order valence-corrected chi connectivity index (χ2v) is 2.95. The van der Waals surface area contributed by atoms with Crippen LogP contribution in [0.5, 0.6) is 0 Å². The van der Waals surface area contributed by atoms with Crippen LogP contribution in [0.4, 0.5) is 0 Å². The molecule has 58 valence electrons. The van der Waals surface area contributed by atoms with Gasteiger partial charge in [0.25, 0.3) is 0 Å². The third-order valence-corrected chi connectivity index (χ3v) is 1.46. The van der Waals surface area contributed by atoms with E-state index < -0.39 is 0 Å².